The minimum atomic E-state index is -0.816. The van der Waals surface area contributed by atoms with Crippen LogP contribution in [0.3, 0.4) is 0 Å². The highest BCUT2D eigenvalue weighted by Crippen LogP contribution is 2.19. The monoisotopic (exact) mass is 376 g/mol. The Bertz CT molecular complexity index is 942. The molecule has 28 heavy (non-hydrogen) atoms. The fraction of sp³-hybridized carbons (Fsp3) is 0.227. The van der Waals surface area contributed by atoms with Crippen LogP contribution in [0, 0.1) is 11.3 Å². The lowest BCUT2D eigenvalue weighted by atomic mass is 10.00. The molecule has 0 fully saturated rings. The van der Waals surface area contributed by atoms with Crippen molar-refractivity contribution in [1.29, 1.82) is 5.26 Å². The van der Waals surface area contributed by atoms with Gasteiger partial charge in [-0.3, -0.25) is 4.79 Å². The number of esters is 1. The second kappa shape index (κ2) is 8.87. The highest BCUT2D eigenvalue weighted by molar-refractivity contribution is 5.98. The first kappa shape index (κ1) is 19.2. The van der Waals surface area contributed by atoms with Gasteiger partial charge < -0.3 is 14.4 Å². The molecule has 0 atom stereocenters. The lowest BCUT2D eigenvalue weighted by molar-refractivity contribution is -0.149. The van der Waals surface area contributed by atoms with E-state index in [-0.39, 0.29) is 18.1 Å². The van der Waals surface area contributed by atoms with Crippen molar-refractivity contribution in [2.45, 2.75) is 13.0 Å². The smallest absolute Gasteiger partial charge is 0.349 e. The summed E-state index contributed by atoms with van der Waals surface area (Å²) in [5, 5.41) is 9.24. The molecule has 6 heteroatoms. The number of hydrogen-bond donors (Lipinski definition) is 0. The molecule has 0 radical (unpaired) electrons. The van der Waals surface area contributed by atoms with Gasteiger partial charge in [-0.1, -0.05) is 36.4 Å². The van der Waals surface area contributed by atoms with Crippen molar-refractivity contribution in [2.75, 3.05) is 20.3 Å². The number of amides is 1. The van der Waals surface area contributed by atoms with Crippen LogP contribution in [0.1, 0.15) is 16.7 Å². The first-order chi connectivity index (χ1) is 13.6. The summed E-state index contributed by atoms with van der Waals surface area (Å²) in [5.74, 6) is -0.416. The molecule has 142 valence electrons. The Balaban J connectivity index is 1.58. The summed E-state index contributed by atoms with van der Waals surface area (Å²) < 4.78 is 10.1. The van der Waals surface area contributed by atoms with E-state index in [1.165, 1.54) is 11.6 Å². The van der Waals surface area contributed by atoms with Crippen LogP contribution in [0.2, 0.25) is 0 Å². The number of nitrogens with zero attached hydrogens (tertiary/aromatic N) is 2. The van der Waals surface area contributed by atoms with E-state index in [2.05, 4.69) is 6.07 Å². The summed E-state index contributed by atoms with van der Waals surface area (Å²) >= 11 is 0. The molecule has 0 N–H and O–H groups in total. The zero-order valence-electron chi connectivity index (χ0n) is 15.6. The third-order valence-electron chi connectivity index (χ3n) is 4.58. The van der Waals surface area contributed by atoms with Crippen molar-refractivity contribution in [1.82, 2.24) is 4.90 Å². The summed E-state index contributed by atoms with van der Waals surface area (Å²) in [7, 11) is 1.56. The van der Waals surface area contributed by atoms with Crippen LogP contribution >= 0.6 is 0 Å². The fourth-order valence-corrected chi connectivity index (χ4v) is 3.01. The molecule has 2 aromatic rings. The number of methoxy groups -OCH3 is 1. The van der Waals surface area contributed by atoms with Crippen molar-refractivity contribution in [3.05, 3.63) is 70.8 Å². The lowest BCUT2D eigenvalue weighted by Crippen LogP contribution is -2.38. The zero-order chi connectivity index (χ0) is 19.9. The van der Waals surface area contributed by atoms with Gasteiger partial charge in [0, 0.05) is 13.1 Å². The van der Waals surface area contributed by atoms with Gasteiger partial charge in [0.05, 0.1) is 7.11 Å². The number of carbonyl (C=O) groups is 2. The molecule has 1 heterocycles. The molecule has 3 rings (SSSR count). The molecule has 0 aliphatic carbocycles. The van der Waals surface area contributed by atoms with Crippen molar-refractivity contribution in [2.24, 2.45) is 0 Å². The lowest BCUT2D eigenvalue weighted by Gasteiger charge is -2.28. The highest BCUT2D eigenvalue weighted by atomic mass is 16.5. The van der Waals surface area contributed by atoms with E-state index in [0.29, 0.717) is 24.4 Å². The minimum Gasteiger partial charge on any atom is -0.497 e. The number of ether oxygens (including phenoxy) is 2. The molecule has 6 nitrogen and oxygen atoms in total. The van der Waals surface area contributed by atoms with Gasteiger partial charge in [-0.2, -0.15) is 5.26 Å². The molecule has 0 saturated carbocycles. The molecule has 0 spiro atoms. The quantitative estimate of drug-likeness (QED) is 0.455. The Morgan fingerprint density at radius 3 is 2.54 bits per heavy atom. The van der Waals surface area contributed by atoms with E-state index in [1.54, 1.807) is 36.3 Å². The normalized spacial score (nSPS) is 13.3. The Kier molecular flexibility index (Phi) is 6.07. The average Bonchev–Trinajstić information content (AvgIpc) is 2.75. The number of hydrogen-bond acceptors (Lipinski definition) is 5. The van der Waals surface area contributed by atoms with Gasteiger partial charge >= 0.3 is 5.97 Å². The predicted octanol–water partition coefficient (Wildman–Crippen LogP) is 2.73. The predicted molar refractivity (Wildman–Crippen MR) is 103 cm³/mol. The fourth-order valence-electron chi connectivity index (χ4n) is 3.01. The maximum absolute atomic E-state index is 12.4. The molecule has 1 aliphatic rings. The van der Waals surface area contributed by atoms with Crippen molar-refractivity contribution < 1.29 is 19.1 Å². The van der Waals surface area contributed by atoms with Crippen LogP contribution in [0.15, 0.2) is 54.1 Å². The van der Waals surface area contributed by atoms with Gasteiger partial charge in [0.25, 0.3) is 5.91 Å². The van der Waals surface area contributed by atoms with Crippen molar-refractivity contribution >= 4 is 18.0 Å². The Morgan fingerprint density at radius 1 is 1.14 bits per heavy atom. The molecule has 1 amide bonds. The van der Waals surface area contributed by atoms with Gasteiger partial charge in [0.2, 0.25) is 0 Å². The van der Waals surface area contributed by atoms with Crippen LogP contribution < -0.4 is 4.74 Å². The van der Waals surface area contributed by atoms with E-state index in [1.807, 2.05) is 24.3 Å². The van der Waals surface area contributed by atoms with Crippen LogP contribution in [0.5, 0.6) is 5.75 Å². The number of benzene rings is 2. The van der Waals surface area contributed by atoms with E-state index < -0.39 is 5.97 Å². The minimum absolute atomic E-state index is 0.165. The number of fused-ring (bicyclic) bond motifs is 1. The number of nitriles is 1. The van der Waals surface area contributed by atoms with Crippen LogP contribution in [-0.4, -0.2) is 37.0 Å². The summed E-state index contributed by atoms with van der Waals surface area (Å²) in [5.41, 5.74) is 2.83. The topological polar surface area (TPSA) is 79.6 Å². The Labute approximate surface area is 163 Å². The molecule has 1 aliphatic heterocycles. The second-order valence-electron chi connectivity index (χ2n) is 6.35. The van der Waals surface area contributed by atoms with Gasteiger partial charge in [-0.05, 0) is 41.3 Å². The summed E-state index contributed by atoms with van der Waals surface area (Å²) in [6.07, 6.45) is 2.19. The molecular formula is C22H20N2O4. The maximum Gasteiger partial charge on any atom is 0.349 e. The largest absolute Gasteiger partial charge is 0.497 e. The molecular weight excluding hydrogens is 356 g/mol. The third-order valence-corrected chi connectivity index (χ3v) is 4.58. The zero-order valence-corrected chi connectivity index (χ0v) is 15.6. The average molecular weight is 376 g/mol. The number of rotatable bonds is 5. The van der Waals surface area contributed by atoms with E-state index in [4.69, 9.17) is 9.47 Å². The SMILES string of the molecule is COc1ccc(/C=C(/C#N)C(=O)OCC(=O)N2CCc3ccccc3C2)cc1. The van der Waals surface area contributed by atoms with Crippen LogP contribution in [0.4, 0.5) is 0 Å². The van der Waals surface area contributed by atoms with Crippen LogP contribution in [0.25, 0.3) is 6.08 Å². The summed E-state index contributed by atoms with van der Waals surface area (Å²) in [6.45, 7) is 0.697. The first-order valence-electron chi connectivity index (χ1n) is 8.88. The van der Waals surface area contributed by atoms with Crippen LogP contribution in [-0.2, 0) is 27.3 Å². The van der Waals surface area contributed by atoms with Gasteiger partial charge in [0.15, 0.2) is 6.61 Å². The molecule has 0 unspecified atom stereocenters. The van der Waals surface area contributed by atoms with E-state index >= 15 is 0 Å². The third kappa shape index (κ3) is 4.57. The van der Waals surface area contributed by atoms with E-state index in [9.17, 15) is 14.9 Å². The number of carbonyl (C=O) groups excluding carboxylic acids is 2. The van der Waals surface area contributed by atoms with Crippen molar-refractivity contribution in [3.63, 3.8) is 0 Å². The summed E-state index contributed by atoms with van der Waals surface area (Å²) in [4.78, 5) is 26.2. The Hall–Kier alpha value is -3.59. The Morgan fingerprint density at radius 2 is 1.86 bits per heavy atom. The summed E-state index contributed by atoms with van der Waals surface area (Å²) in [6, 6.07) is 16.7. The van der Waals surface area contributed by atoms with Crippen molar-refractivity contribution in [3.8, 4) is 11.8 Å². The molecule has 0 saturated heterocycles. The van der Waals surface area contributed by atoms with Gasteiger partial charge in [0.1, 0.15) is 17.4 Å². The standard InChI is InChI=1S/C22H20N2O4/c1-27-20-8-6-16(7-9-20)12-19(13-23)22(26)28-15-21(25)24-11-10-17-4-2-3-5-18(17)14-24/h2-9,12H,10-11,14-15H2,1H3/b19-12-. The molecule has 0 aromatic heterocycles. The first-order valence-corrected chi connectivity index (χ1v) is 8.88. The second-order valence-corrected chi connectivity index (χ2v) is 6.35. The maximum atomic E-state index is 12.4. The van der Waals surface area contributed by atoms with Gasteiger partial charge in [-0.15, -0.1) is 0 Å². The molecule has 0 bridgehead atoms. The van der Waals surface area contributed by atoms with E-state index in [0.717, 1.165) is 12.0 Å². The molecule has 2 aromatic carbocycles. The highest BCUT2D eigenvalue weighted by Gasteiger charge is 2.22. The van der Waals surface area contributed by atoms with Gasteiger partial charge in [-0.25, -0.2) is 4.79 Å².